The Balaban J connectivity index is 2.99. The second kappa shape index (κ2) is 6.83. The molecule has 0 saturated heterocycles. The van der Waals surface area contributed by atoms with Crippen LogP contribution in [0.2, 0.25) is 0 Å². The first-order chi connectivity index (χ1) is 9.49. The van der Waals surface area contributed by atoms with Gasteiger partial charge in [0.2, 0.25) is 0 Å². The van der Waals surface area contributed by atoms with Gasteiger partial charge in [-0.25, -0.2) is 0 Å². The fourth-order valence-corrected chi connectivity index (χ4v) is 1.67. The summed E-state index contributed by atoms with van der Waals surface area (Å²) < 4.78 is 44.9. The molecule has 0 spiro atoms. The molecule has 0 amide bonds. The smallest absolute Gasteiger partial charge is 0.419 e. The summed E-state index contributed by atoms with van der Waals surface area (Å²) in [6.45, 7) is 9.75. The van der Waals surface area contributed by atoms with Gasteiger partial charge in [-0.2, -0.15) is 13.2 Å². The molecule has 1 N–H and O–H groups in total. The van der Waals surface area contributed by atoms with Gasteiger partial charge in [-0.1, -0.05) is 28.6 Å². The van der Waals surface area contributed by atoms with E-state index in [0.29, 0.717) is 16.6 Å². The number of benzene rings is 1. The monoisotopic (exact) mass is 365 g/mol. The maximum Gasteiger partial charge on any atom is 0.419 e. The van der Waals surface area contributed by atoms with Crippen molar-refractivity contribution in [3.05, 3.63) is 40.4 Å². The molecule has 0 aliphatic rings. The zero-order valence-electron chi connectivity index (χ0n) is 12.3. The van der Waals surface area contributed by atoms with E-state index >= 15 is 0 Å². The van der Waals surface area contributed by atoms with Crippen LogP contribution in [-0.2, 0) is 12.7 Å². The van der Waals surface area contributed by atoms with Crippen LogP contribution in [0, 0.1) is 0 Å². The number of halogens is 4. The van der Waals surface area contributed by atoms with Crippen molar-refractivity contribution >= 4 is 15.9 Å². The van der Waals surface area contributed by atoms with Crippen molar-refractivity contribution in [2.75, 3.05) is 6.61 Å². The van der Waals surface area contributed by atoms with E-state index < -0.39 is 11.7 Å². The molecular weight excluding hydrogens is 347 g/mol. The molecule has 6 heteroatoms. The molecule has 0 fully saturated rings. The Morgan fingerprint density at radius 3 is 2.38 bits per heavy atom. The average molecular weight is 366 g/mol. The molecule has 21 heavy (non-hydrogen) atoms. The van der Waals surface area contributed by atoms with E-state index in [9.17, 15) is 13.2 Å². The molecule has 0 aliphatic carbocycles. The van der Waals surface area contributed by atoms with Gasteiger partial charge >= 0.3 is 6.18 Å². The Morgan fingerprint density at radius 1 is 1.29 bits per heavy atom. The first-order valence-electron chi connectivity index (χ1n) is 6.40. The van der Waals surface area contributed by atoms with Crippen LogP contribution >= 0.6 is 15.9 Å². The molecule has 0 radical (unpaired) electrons. The molecule has 0 bridgehead atoms. The minimum atomic E-state index is -4.46. The Kier molecular flexibility index (Phi) is 5.87. The Morgan fingerprint density at radius 2 is 1.90 bits per heavy atom. The predicted octanol–water partition coefficient (Wildman–Crippen LogP) is 4.88. The number of nitrogens with one attached hydrogen (secondary N) is 1. The van der Waals surface area contributed by atoms with Crippen molar-refractivity contribution in [1.29, 1.82) is 0 Å². The quantitative estimate of drug-likeness (QED) is 0.802. The Bertz CT molecular complexity index is 507. The molecule has 0 aromatic heterocycles. The normalized spacial score (nSPS) is 12.3. The van der Waals surface area contributed by atoms with Crippen molar-refractivity contribution in [2.45, 2.75) is 39.0 Å². The standard InChI is InChI=1S/C15H19BrF3NO/c1-10(16)9-21-13-6-5-11(8-20-14(2,3)4)7-12(13)15(17,18)19/h5-7,20H,1,8-9H2,2-4H3. The van der Waals surface area contributed by atoms with Gasteiger partial charge in [-0.05, 0) is 38.5 Å². The predicted molar refractivity (Wildman–Crippen MR) is 81.6 cm³/mol. The summed E-state index contributed by atoms with van der Waals surface area (Å²) in [5.74, 6) is -0.192. The lowest BCUT2D eigenvalue weighted by atomic mass is 10.1. The molecule has 0 atom stereocenters. The molecule has 1 aromatic rings. The summed E-state index contributed by atoms with van der Waals surface area (Å²) in [4.78, 5) is 0. The number of alkyl halides is 3. The molecule has 0 heterocycles. The van der Waals surface area contributed by atoms with Crippen LogP contribution in [0.3, 0.4) is 0 Å². The van der Waals surface area contributed by atoms with Crippen molar-refractivity contribution in [3.63, 3.8) is 0 Å². The van der Waals surface area contributed by atoms with Crippen molar-refractivity contribution in [2.24, 2.45) is 0 Å². The minimum Gasteiger partial charge on any atom is -0.488 e. The van der Waals surface area contributed by atoms with Crippen LogP contribution in [0.25, 0.3) is 0 Å². The van der Waals surface area contributed by atoms with Crippen LogP contribution in [0.15, 0.2) is 29.3 Å². The summed E-state index contributed by atoms with van der Waals surface area (Å²) in [5, 5.41) is 3.16. The van der Waals surface area contributed by atoms with E-state index in [1.807, 2.05) is 20.8 Å². The van der Waals surface area contributed by atoms with Gasteiger partial charge < -0.3 is 10.1 Å². The molecular formula is C15H19BrF3NO. The molecule has 1 aromatic carbocycles. The molecule has 1 rings (SSSR count). The Hall–Kier alpha value is -1.01. The lowest BCUT2D eigenvalue weighted by Gasteiger charge is -2.21. The second-order valence-electron chi connectivity index (χ2n) is 5.74. The summed E-state index contributed by atoms with van der Waals surface area (Å²) in [7, 11) is 0. The van der Waals surface area contributed by atoms with Crippen LogP contribution < -0.4 is 10.1 Å². The highest BCUT2D eigenvalue weighted by atomic mass is 79.9. The topological polar surface area (TPSA) is 21.3 Å². The first kappa shape index (κ1) is 18.0. The summed E-state index contributed by atoms with van der Waals surface area (Å²) >= 11 is 3.06. The highest BCUT2D eigenvalue weighted by molar-refractivity contribution is 9.11. The van der Waals surface area contributed by atoms with Gasteiger partial charge in [0, 0.05) is 16.6 Å². The van der Waals surface area contributed by atoms with Gasteiger partial charge in [-0.15, -0.1) is 0 Å². The first-order valence-corrected chi connectivity index (χ1v) is 7.19. The van der Waals surface area contributed by atoms with Gasteiger partial charge in [0.15, 0.2) is 0 Å². The Labute approximate surface area is 131 Å². The lowest BCUT2D eigenvalue weighted by Crippen LogP contribution is -2.35. The van der Waals surface area contributed by atoms with Gasteiger partial charge in [0.25, 0.3) is 0 Å². The highest BCUT2D eigenvalue weighted by Crippen LogP contribution is 2.37. The number of hydrogen-bond donors (Lipinski definition) is 1. The second-order valence-corrected chi connectivity index (χ2v) is 6.86. The van der Waals surface area contributed by atoms with Crippen molar-refractivity contribution in [3.8, 4) is 5.75 Å². The minimum absolute atomic E-state index is 0.0112. The highest BCUT2D eigenvalue weighted by Gasteiger charge is 2.34. The third kappa shape index (κ3) is 6.52. The zero-order valence-corrected chi connectivity index (χ0v) is 13.9. The lowest BCUT2D eigenvalue weighted by molar-refractivity contribution is -0.138. The van der Waals surface area contributed by atoms with Crippen LogP contribution in [0.4, 0.5) is 13.2 Å². The molecule has 118 valence electrons. The molecule has 0 saturated carbocycles. The van der Waals surface area contributed by atoms with Gasteiger partial charge in [0.1, 0.15) is 12.4 Å². The number of hydrogen-bond acceptors (Lipinski definition) is 2. The van der Waals surface area contributed by atoms with Crippen molar-refractivity contribution < 1.29 is 17.9 Å². The molecule has 0 aliphatic heterocycles. The van der Waals surface area contributed by atoms with Crippen LogP contribution in [0.5, 0.6) is 5.75 Å². The van der Waals surface area contributed by atoms with Gasteiger partial charge in [0.05, 0.1) is 5.56 Å². The van der Waals surface area contributed by atoms with Crippen LogP contribution in [-0.4, -0.2) is 12.1 Å². The molecule has 2 nitrogen and oxygen atoms in total. The van der Waals surface area contributed by atoms with E-state index in [1.54, 1.807) is 6.07 Å². The SMILES string of the molecule is C=C(Br)COc1ccc(CNC(C)(C)C)cc1C(F)(F)F. The fourth-order valence-electron chi connectivity index (χ4n) is 1.56. The van der Waals surface area contributed by atoms with E-state index in [-0.39, 0.29) is 17.9 Å². The van der Waals surface area contributed by atoms with Gasteiger partial charge in [-0.3, -0.25) is 0 Å². The fraction of sp³-hybridized carbons (Fsp3) is 0.467. The third-order valence-electron chi connectivity index (χ3n) is 2.56. The molecule has 0 unspecified atom stereocenters. The van der Waals surface area contributed by atoms with E-state index in [2.05, 4.69) is 27.8 Å². The number of rotatable bonds is 5. The average Bonchev–Trinajstić information content (AvgIpc) is 2.32. The third-order valence-corrected chi connectivity index (χ3v) is 2.79. The van der Waals surface area contributed by atoms with Crippen molar-refractivity contribution in [1.82, 2.24) is 5.32 Å². The maximum atomic E-state index is 13.1. The summed E-state index contributed by atoms with van der Waals surface area (Å²) in [6.07, 6.45) is -4.46. The summed E-state index contributed by atoms with van der Waals surface area (Å²) in [6, 6.07) is 4.09. The summed E-state index contributed by atoms with van der Waals surface area (Å²) in [5.41, 5.74) is -0.381. The van der Waals surface area contributed by atoms with E-state index in [4.69, 9.17) is 4.74 Å². The largest absolute Gasteiger partial charge is 0.488 e. The number of ether oxygens (including phenoxy) is 1. The zero-order chi connectivity index (χ0) is 16.3. The van der Waals surface area contributed by atoms with Crippen LogP contribution in [0.1, 0.15) is 31.9 Å². The van der Waals surface area contributed by atoms with E-state index in [0.717, 1.165) is 6.07 Å². The maximum absolute atomic E-state index is 13.1. The van der Waals surface area contributed by atoms with E-state index in [1.165, 1.54) is 6.07 Å².